The fourth-order valence-electron chi connectivity index (χ4n) is 4.09. The first-order valence-corrected chi connectivity index (χ1v) is 10.6. The van der Waals surface area contributed by atoms with Gasteiger partial charge in [-0.05, 0) is 59.9 Å². The largest absolute Gasteiger partial charge is 0.497 e. The number of fused-ring (bicyclic) bond motifs is 1. The van der Waals surface area contributed by atoms with E-state index in [-0.39, 0.29) is 5.91 Å². The summed E-state index contributed by atoms with van der Waals surface area (Å²) >= 11 is 0. The highest BCUT2D eigenvalue weighted by molar-refractivity contribution is 5.91. The van der Waals surface area contributed by atoms with Crippen LogP contribution in [0.3, 0.4) is 0 Å². The molecule has 3 aromatic rings. The lowest BCUT2D eigenvalue weighted by Crippen LogP contribution is -2.21. The smallest absolute Gasteiger partial charge is 0.224 e. The number of rotatable bonds is 8. The minimum atomic E-state index is -0.0147. The van der Waals surface area contributed by atoms with Crippen LogP contribution in [0.2, 0.25) is 0 Å². The Kier molecular flexibility index (Phi) is 6.41. The molecular formula is C26H28N2O3. The molecule has 0 saturated carbocycles. The van der Waals surface area contributed by atoms with E-state index < -0.39 is 0 Å². The maximum Gasteiger partial charge on any atom is 0.224 e. The van der Waals surface area contributed by atoms with Gasteiger partial charge in [0.2, 0.25) is 5.91 Å². The van der Waals surface area contributed by atoms with E-state index in [2.05, 4.69) is 40.5 Å². The monoisotopic (exact) mass is 416 g/mol. The Morgan fingerprint density at radius 3 is 2.61 bits per heavy atom. The summed E-state index contributed by atoms with van der Waals surface area (Å²) in [6.07, 6.45) is 2.01. The van der Waals surface area contributed by atoms with Gasteiger partial charge in [-0.1, -0.05) is 36.4 Å². The number of methoxy groups -OCH3 is 2. The second-order valence-corrected chi connectivity index (χ2v) is 7.68. The van der Waals surface area contributed by atoms with Gasteiger partial charge in [-0.2, -0.15) is 0 Å². The number of hydrogen-bond acceptors (Lipinski definition) is 4. The molecule has 4 rings (SSSR count). The van der Waals surface area contributed by atoms with E-state index in [1.807, 2.05) is 36.4 Å². The van der Waals surface area contributed by atoms with Crippen LogP contribution in [-0.2, 0) is 24.2 Å². The van der Waals surface area contributed by atoms with Crippen molar-refractivity contribution in [3.63, 3.8) is 0 Å². The van der Waals surface area contributed by atoms with Crippen LogP contribution in [0.5, 0.6) is 11.5 Å². The van der Waals surface area contributed by atoms with Gasteiger partial charge in [0.05, 0.1) is 14.2 Å². The molecule has 5 nitrogen and oxygen atoms in total. The molecule has 0 unspecified atom stereocenters. The summed E-state index contributed by atoms with van der Waals surface area (Å²) in [6.45, 7) is 1.77. The van der Waals surface area contributed by atoms with Gasteiger partial charge in [0.25, 0.3) is 0 Å². The van der Waals surface area contributed by atoms with E-state index in [1.165, 1.54) is 11.3 Å². The lowest BCUT2D eigenvalue weighted by molar-refractivity contribution is -0.116. The fraction of sp³-hybridized carbons (Fsp3) is 0.269. The van der Waals surface area contributed by atoms with E-state index >= 15 is 0 Å². The third-order valence-electron chi connectivity index (χ3n) is 5.74. The Morgan fingerprint density at radius 1 is 0.968 bits per heavy atom. The van der Waals surface area contributed by atoms with Crippen molar-refractivity contribution in [2.45, 2.75) is 25.8 Å². The highest BCUT2D eigenvalue weighted by Crippen LogP contribution is 2.30. The summed E-state index contributed by atoms with van der Waals surface area (Å²) in [5.41, 5.74) is 5.62. The van der Waals surface area contributed by atoms with Crippen molar-refractivity contribution in [2.75, 3.05) is 31.0 Å². The van der Waals surface area contributed by atoms with Crippen molar-refractivity contribution >= 4 is 17.3 Å². The van der Waals surface area contributed by atoms with Crippen molar-refractivity contribution < 1.29 is 14.3 Å². The zero-order chi connectivity index (χ0) is 21.6. The van der Waals surface area contributed by atoms with Crippen LogP contribution in [-0.4, -0.2) is 26.7 Å². The number of nitrogens with zero attached hydrogens (tertiary/aromatic N) is 1. The van der Waals surface area contributed by atoms with Crippen molar-refractivity contribution in [2.24, 2.45) is 0 Å². The molecule has 0 aliphatic carbocycles. The molecule has 31 heavy (non-hydrogen) atoms. The number of anilines is 2. The van der Waals surface area contributed by atoms with E-state index in [1.54, 1.807) is 14.2 Å². The number of ether oxygens (including phenoxy) is 2. The first-order valence-electron chi connectivity index (χ1n) is 10.6. The standard InChI is InChI=1S/C26H28N2O3/c1-30-22-12-13-25(31-2)20(17-22)11-14-26(29)27-23-9-5-3-8-21(23)18-28-16-15-19-7-4-6-10-24(19)28/h3-10,12-13,17H,11,14-16,18H2,1-2H3,(H,27,29). The number of aryl methyl sites for hydroxylation is 1. The van der Waals surface area contributed by atoms with Crippen molar-refractivity contribution in [3.05, 3.63) is 83.4 Å². The molecular weight excluding hydrogens is 388 g/mol. The minimum absolute atomic E-state index is 0.0147. The van der Waals surface area contributed by atoms with E-state index in [0.29, 0.717) is 12.8 Å². The molecule has 3 aromatic carbocycles. The molecule has 160 valence electrons. The third-order valence-corrected chi connectivity index (χ3v) is 5.74. The lowest BCUT2D eigenvalue weighted by atomic mass is 10.1. The molecule has 0 saturated heterocycles. The van der Waals surface area contributed by atoms with Crippen LogP contribution >= 0.6 is 0 Å². The van der Waals surface area contributed by atoms with Crippen LogP contribution in [0, 0.1) is 0 Å². The lowest BCUT2D eigenvalue weighted by Gasteiger charge is -2.21. The highest BCUT2D eigenvalue weighted by atomic mass is 16.5. The molecule has 0 aromatic heterocycles. The zero-order valence-corrected chi connectivity index (χ0v) is 18.1. The molecule has 1 heterocycles. The number of carbonyl (C=O) groups excluding carboxylic acids is 1. The van der Waals surface area contributed by atoms with Gasteiger partial charge < -0.3 is 19.7 Å². The maximum absolute atomic E-state index is 12.7. The Hall–Kier alpha value is -3.47. The highest BCUT2D eigenvalue weighted by Gasteiger charge is 2.19. The van der Waals surface area contributed by atoms with E-state index in [9.17, 15) is 4.79 Å². The van der Waals surface area contributed by atoms with Crippen LogP contribution in [0.4, 0.5) is 11.4 Å². The summed E-state index contributed by atoms with van der Waals surface area (Å²) in [5.74, 6) is 1.51. The normalized spacial score (nSPS) is 12.4. The van der Waals surface area contributed by atoms with Crippen LogP contribution in [0.1, 0.15) is 23.1 Å². The summed E-state index contributed by atoms with van der Waals surface area (Å²) in [5, 5.41) is 3.11. The van der Waals surface area contributed by atoms with E-state index in [4.69, 9.17) is 9.47 Å². The van der Waals surface area contributed by atoms with Crippen LogP contribution < -0.4 is 19.7 Å². The topological polar surface area (TPSA) is 50.8 Å². The predicted octanol–water partition coefficient (Wildman–Crippen LogP) is 4.84. The van der Waals surface area contributed by atoms with Gasteiger partial charge in [-0.15, -0.1) is 0 Å². The SMILES string of the molecule is COc1ccc(OC)c(CCC(=O)Nc2ccccc2CN2CCc3ccccc32)c1. The van der Waals surface area contributed by atoms with Crippen molar-refractivity contribution in [1.82, 2.24) is 0 Å². The van der Waals surface area contributed by atoms with Crippen LogP contribution in [0.25, 0.3) is 0 Å². The number of para-hydroxylation sites is 2. The molecule has 0 spiro atoms. The molecule has 0 atom stereocenters. The third kappa shape index (κ3) is 4.82. The summed E-state index contributed by atoms with van der Waals surface area (Å²) in [7, 11) is 3.27. The Morgan fingerprint density at radius 2 is 1.77 bits per heavy atom. The van der Waals surface area contributed by atoms with Gasteiger partial charge >= 0.3 is 0 Å². The van der Waals surface area contributed by atoms with Gasteiger partial charge in [0.1, 0.15) is 11.5 Å². The predicted molar refractivity (Wildman–Crippen MR) is 124 cm³/mol. The number of nitrogens with one attached hydrogen (secondary N) is 1. The zero-order valence-electron chi connectivity index (χ0n) is 18.1. The minimum Gasteiger partial charge on any atom is -0.497 e. The summed E-state index contributed by atoms with van der Waals surface area (Å²) in [6, 6.07) is 22.2. The Balaban J connectivity index is 1.42. The van der Waals surface area contributed by atoms with E-state index in [0.717, 1.165) is 47.8 Å². The molecule has 0 radical (unpaired) electrons. The molecule has 5 heteroatoms. The van der Waals surface area contributed by atoms with Gasteiger partial charge in [-0.25, -0.2) is 0 Å². The molecule has 1 aliphatic rings. The summed E-state index contributed by atoms with van der Waals surface area (Å²) < 4.78 is 10.7. The first-order chi connectivity index (χ1) is 15.2. The van der Waals surface area contributed by atoms with Gasteiger partial charge in [0.15, 0.2) is 0 Å². The average molecular weight is 417 g/mol. The van der Waals surface area contributed by atoms with Crippen LogP contribution in [0.15, 0.2) is 66.7 Å². The Labute approximate surface area is 183 Å². The second kappa shape index (κ2) is 9.56. The van der Waals surface area contributed by atoms with Crippen molar-refractivity contribution in [1.29, 1.82) is 0 Å². The fourth-order valence-corrected chi connectivity index (χ4v) is 4.09. The molecule has 1 aliphatic heterocycles. The number of benzene rings is 3. The summed E-state index contributed by atoms with van der Waals surface area (Å²) in [4.78, 5) is 15.1. The van der Waals surface area contributed by atoms with Crippen molar-refractivity contribution in [3.8, 4) is 11.5 Å². The first kappa shape index (κ1) is 20.8. The molecule has 1 N–H and O–H groups in total. The molecule has 1 amide bonds. The van der Waals surface area contributed by atoms with Gasteiger partial charge in [-0.3, -0.25) is 4.79 Å². The second-order valence-electron chi connectivity index (χ2n) is 7.68. The number of amides is 1. The quantitative estimate of drug-likeness (QED) is 0.571. The van der Waals surface area contributed by atoms with Gasteiger partial charge in [0, 0.05) is 30.9 Å². The Bertz CT molecular complexity index is 1060. The maximum atomic E-state index is 12.7. The average Bonchev–Trinajstić information content (AvgIpc) is 3.21. The molecule has 0 fully saturated rings. The number of hydrogen-bond donors (Lipinski definition) is 1. The number of carbonyl (C=O) groups is 1. The molecule has 0 bridgehead atoms.